The Morgan fingerprint density at radius 1 is 1.11 bits per heavy atom. The first-order valence-corrected chi connectivity index (χ1v) is 6.67. The molecule has 0 fully saturated rings. The van der Waals surface area contributed by atoms with Crippen molar-refractivity contribution in [3.8, 4) is 0 Å². The van der Waals surface area contributed by atoms with Crippen LogP contribution in [0.25, 0.3) is 16.5 Å². The van der Waals surface area contributed by atoms with E-state index in [0.29, 0.717) is 6.42 Å². The molecule has 0 N–H and O–H groups in total. The maximum Gasteiger partial charge on any atom is 0.156 e. The van der Waals surface area contributed by atoms with E-state index in [2.05, 4.69) is 26.0 Å². The van der Waals surface area contributed by atoms with Gasteiger partial charge >= 0.3 is 0 Å². The molecule has 0 amide bonds. The summed E-state index contributed by atoms with van der Waals surface area (Å²) in [6.07, 6.45) is 3.32. The average molecular weight is 251 g/mol. The van der Waals surface area contributed by atoms with Gasteiger partial charge in [-0.3, -0.25) is 4.79 Å². The molecule has 3 rings (SSSR count). The Kier molecular flexibility index (Phi) is 2.74. The first kappa shape index (κ1) is 12.1. The molecule has 0 spiro atoms. The molecule has 0 saturated carbocycles. The topological polar surface area (TPSA) is 30.0 Å². The fourth-order valence-corrected chi connectivity index (χ4v) is 2.64. The zero-order valence-electron chi connectivity index (χ0n) is 11.3. The standard InChI is InChI=1S/C17H17NO/c1-17(2)10-9-13(19)11-14(17)16-8-7-12-5-3-4-6-15(12)18-16/h3-8,11H,9-10H2,1-2H3. The minimum absolute atomic E-state index is 0.0172. The van der Waals surface area contributed by atoms with Crippen molar-refractivity contribution in [3.63, 3.8) is 0 Å². The summed E-state index contributed by atoms with van der Waals surface area (Å²) in [7, 11) is 0. The molecule has 0 bridgehead atoms. The van der Waals surface area contributed by atoms with E-state index in [1.54, 1.807) is 6.08 Å². The zero-order chi connectivity index (χ0) is 13.5. The van der Waals surface area contributed by atoms with Crippen LogP contribution in [0.5, 0.6) is 0 Å². The van der Waals surface area contributed by atoms with Gasteiger partial charge in [-0.15, -0.1) is 0 Å². The third kappa shape index (κ3) is 2.19. The van der Waals surface area contributed by atoms with Crippen LogP contribution in [0.3, 0.4) is 0 Å². The summed E-state index contributed by atoms with van der Waals surface area (Å²) in [5.74, 6) is 0.212. The first-order valence-electron chi connectivity index (χ1n) is 6.67. The van der Waals surface area contributed by atoms with Gasteiger partial charge in [0.2, 0.25) is 0 Å². The highest BCUT2D eigenvalue weighted by atomic mass is 16.1. The Morgan fingerprint density at radius 2 is 1.89 bits per heavy atom. The number of benzene rings is 1. The number of aromatic nitrogens is 1. The number of pyridine rings is 1. The van der Waals surface area contributed by atoms with Crippen LogP contribution >= 0.6 is 0 Å². The molecule has 1 aromatic heterocycles. The normalized spacial score (nSPS) is 18.4. The summed E-state index contributed by atoms with van der Waals surface area (Å²) in [5, 5.41) is 1.13. The molecule has 96 valence electrons. The van der Waals surface area contributed by atoms with E-state index in [-0.39, 0.29) is 11.2 Å². The molecule has 0 atom stereocenters. The van der Waals surface area contributed by atoms with Crippen molar-refractivity contribution in [1.82, 2.24) is 4.98 Å². The Balaban J connectivity index is 2.15. The summed E-state index contributed by atoms with van der Waals surface area (Å²) in [6, 6.07) is 12.2. The Hall–Kier alpha value is -1.96. The van der Waals surface area contributed by atoms with Crippen molar-refractivity contribution >= 4 is 22.3 Å². The summed E-state index contributed by atoms with van der Waals surface area (Å²) in [4.78, 5) is 16.4. The molecule has 2 heteroatoms. The van der Waals surface area contributed by atoms with Crippen LogP contribution in [0.2, 0.25) is 0 Å². The molecule has 2 nitrogen and oxygen atoms in total. The molecule has 19 heavy (non-hydrogen) atoms. The van der Waals surface area contributed by atoms with E-state index in [1.165, 1.54) is 0 Å². The number of carbonyl (C=O) groups is 1. The van der Waals surface area contributed by atoms with Gasteiger partial charge in [0.25, 0.3) is 0 Å². The molecule has 0 unspecified atom stereocenters. The molecule has 1 aromatic carbocycles. The van der Waals surface area contributed by atoms with E-state index in [0.717, 1.165) is 28.6 Å². The number of hydrogen-bond acceptors (Lipinski definition) is 2. The van der Waals surface area contributed by atoms with Gasteiger partial charge in [0.1, 0.15) is 0 Å². The lowest BCUT2D eigenvalue weighted by molar-refractivity contribution is -0.115. The minimum atomic E-state index is 0.0172. The minimum Gasteiger partial charge on any atom is -0.295 e. The molecule has 1 heterocycles. The van der Waals surface area contributed by atoms with E-state index in [9.17, 15) is 4.79 Å². The number of nitrogens with zero attached hydrogens (tertiary/aromatic N) is 1. The fraction of sp³-hybridized carbons (Fsp3) is 0.294. The van der Waals surface area contributed by atoms with E-state index in [4.69, 9.17) is 4.98 Å². The molecular weight excluding hydrogens is 234 g/mol. The van der Waals surface area contributed by atoms with Crippen molar-refractivity contribution < 1.29 is 4.79 Å². The molecule has 1 aliphatic carbocycles. The first-order chi connectivity index (χ1) is 9.06. The van der Waals surface area contributed by atoms with Crippen LogP contribution in [0.1, 0.15) is 32.4 Å². The fourth-order valence-electron chi connectivity index (χ4n) is 2.64. The largest absolute Gasteiger partial charge is 0.295 e. The van der Waals surface area contributed by atoms with Gasteiger partial charge in [0.15, 0.2) is 5.78 Å². The Morgan fingerprint density at radius 3 is 2.74 bits per heavy atom. The van der Waals surface area contributed by atoms with Crippen molar-refractivity contribution in [2.75, 3.05) is 0 Å². The number of hydrogen-bond donors (Lipinski definition) is 0. The second-order valence-electron chi connectivity index (χ2n) is 5.80. The monoisotopic (exact) mass is 251 g/mol. The Bertz CT molecular complexity index is 682. The maximum absolute atomic E-state index is 11.7. The summed E-state index contributed by atoms with van der Waals surface area (Å²) in [5.41, 5.74) is 2.99. The van der Waals surface area contributed by atoms with Crippen LogP contribution in [-0.2, 0) is 4.79 Å². The highest BCUT2D eigenvalue weighted by Gasteiger charge is 2.30. The van der Waals surface area contributed by atoms with Crippen molar-refractivity contribution in [2.45, 2.75) is 26.7 Å². The smallest absolute Gasteiger partial charge is 0.156 e. The average Bonchev–Trinajstić information content (AvgIpc) is 2.41. The van der Waals surface area contributed by atoms with Crippen LogP contribution in [0.15, 0.2) is 42.5 Å². The van der Waals surface area contributed by atoms with Crippen molar-refractivity contribution in [1.29, 1.82) is 0 Å². The van der Waals surface area contributed by atoms with Gasteiger partial charge in [-0.1, -0.05) is 38.1 Å². The summed E-state index contributed by atoms with van der Waals surface area (Å²) >= 11 is 0. The van der Waals surface area contributed by atoms with Gasteiger partial charge < -0.3 is 0 Å². The van der Waals surface area contributed by atoms with Crippen molar-refractivity contribution in [2.24, 2.45) is 5.41 Å². The number of carbonyl (C=O) groups excluding carboxylic acids is 1. The van der Waals surface area contributed by atoms with Crippen LogP contribution in [-0.4, -0.2) is 10.8 Å². The highest BCUT2D eigenvalue weighted by Crippen LogP contribution is 2.41. The number of para-hydroxylation sites is 1. The highest BCUT2D eigenvalue weighted by molar-refractivity contribution is 5.99. The van der Waals surface area contributed by atoms with Crippen LogP contribution < -0.4 is 0 Å². The van der Waals surface area contributed by atoms with Gasteiger partial charge in [-0.2, -0.15) is 0 Å². The Labute approximate surface area is 113 Å². The molecule has 2 aromatic rings. The lowest BCUT2D eigenvalue weighted by Gasteiger charge is -2.30. The summed E-state index contributed by atoms with van der Waals surface area (Å²) < 4.78 is 0. The van der Waals surface area contributed by atoms with Gasteiger partial charge in [-0.05, 0) is 35.6 Å². The molecule has 0 radical (unpaired) electrons. The lowest BCUT2D eigenvalue weighted by atomic mass is 9.74. The molecule has 0 saturated heterocycles. The third-order valence-electron chi connectivity index (χ3n) is 3.91. The predicted octanol–water partition coefficient (Wildman–Crippen LogP) is 4.01. The summed E-state index contributed by atoms with van der Waals surface area (Å²) in [6.45, 7) is 4.37. The third-order valence-corrected chi connectivity index (χ3v) is 3.91. The van der Waals surface area contributed by atoms with Gasteiger partial charge in [0.05, 0.1) is 11.2 Å². The van der Waals surface area contributed by atoms with E-state index in [1.807, 2.05) is 24.3 Å². The maximum atomic E-state index is 11.7. The molecule has 0 aliphatic heterocycles. The molecule has 1 aliphatic rings. The van der Waals surface area contributed by atoms with Gasteiger partial charge in [0, 0.05) is 11.8 Å². The zero-order valence-corrected chi connectivity index (χ0v) is 11.3. The van der Waals surface area contributed by atoms with E-state index >= 15 is 0 Å². The quantitative estimate of drug-likeness (QED) is 0.766. The van der Waals surface area contributed by atoms with Crippen LogP contribution in [0, 0.1) is 5.41 Å². The second-order valence-corrected chi connectivity index (χ2v) is 5.80. The predicted molar refractivity (Wildman–Crippen MR) is 77.7 cm³/mol. The second kappa shape index (κ2) is 4.30. The number of allylic oxidation sites excluding steroid dienone is 2. The molecular formula is C17H17NO. The van der Waals surface area contributed by atoms with Gasteiger partial charge in [-0.25, -0.2) is 4.98 Å². The number of rotatable bonds is 1. The lowest BCUT2D eigenvalue weighted by Crippen LogP contribution is -2.21. The van der Waals surface area contributed by atoms with Crippen LogP contribution in [0.4, 0.5) is 0 Å². The SMILES string of the molecule is CC1(C)CCC(=O)C=C1c1ccc2ccccc2n1. The van der Waals surface area contributed by atoms with E-state index < -0.39 is 0 Å². The number of fused-ring (bicyclic) bond motifs is 1. The number of ketones is 1. The van der Waals surface area contributed by atoms with Crippen molar-refractivity contribution in [3.05, 3.63) is 48.2 Å².